The van der Waals surface area contributed by atoms with Crippen LogP contribution in [0.5, 0.6) is 0 Å². The van der Waals surface area contributed by atoms with Crippen LogP contribution in [0.2, 0.25) is 0 Å². The topological polar surface area (TPSA) is 29.5 Å². The van der Waals surface area contributed by atoms with E-state index in [0.717, 1.165) is 82.8 Å². The number of nitrogens with zero attached hydrogens (tertiary/aromatic N) is 1. The van der Waals surface area contributed by atoms with Crippen molar-refractivity contribution in [3.63, 3.8) is 0 Å². The fraction of sp³-hybridized carbons (Fsp3) is 0. The summed E-state index contributed by atoms with van der Waals surface area (Å²) in [5.41, 5.74) is 9.09. The fourth-order valence-corrected chi connectivity index (χ4v) is 6.62. The Labute approximate surface area is 247 Å². The Kier molecular flexibility index (Phi) is 5.20. The van der Waals surface area contributed by atoms with E-state index in [1.165, 1.54) is 0 Å². The van der Waals surface area contributed by atoms with Crippen molar-refractivity contribution in [3.8, 4) is 11.1 Å². The first-order valence-electron chi connectivity index (χ1n) is 14.5. The van der Waals surface area contributed by atoms with Crippen LogP contribution in [0.1, 0.15) is 0 Å². The summed E-state index contributed by atoms with van der Waals surface area (Å²) >= 11 is 0. The van der Waals surface area contributed by atoms with Crippen molar-refractivity contribution in [2.24, 2.45) is 0 Å². The minimum absolute atomic E-state index is 0.866. The van der Waals surface area contributed by atoms with Gasteiger partial charge in [-0.3, -0.25) is 0 Å². The molecule has 0 saturated carbocycles. The van der Waals surface area contributed by atoms with Crippen molar-refractivity contribution < 1.29 is 8.83 Å². The average molecular weight is 552 g/mol. The van der Waals surface area contributed by atoms with E-state index in [4.69, 9.17) is 8.83 Å². The summed E-state index contributed by atoms with van der Waals surface area (Å²) in [6.45, 7) is 0. The molecular weight excluding hydrogens is 526 g/mol. The molecule has 0 saturated heterocycles. The molecule has 3 nitrogen and oxygen atoms in total. The van der Waals surface area contributed by atoms with Gasteiger partial charge in [-0.2, -0.15) is 0 Å². The summed E-state index contributed by atoms with van der Waals surface area (Å²) in [5.74, 6) is 0. The summed E-state index contributed by atoms with van der Waals surface area (Å²) in [4.78, 5) is 2.34. The summed E-state index contributed by atoms with van der Waals surface area (Å²) in [7, 11) is 0. The van der Waals surface area contributed by atoms with E-state index < -0.39 is 0 Å². The third kappa shape index (κ3) is 3.62. The zero-order valence-corrected chi connectivity index (χ0v) is 23.2. The third-order valence-corrected chi connectivity index (χ3v) is 8.44. The Morgan fingerprint density at radius 3 is 1.56 bits per heavy atom. The molecular formula is C40H25NO2. The Hall–Kier alpha value is -5.80. The van der Waals surface area contributed by atoms with Gasteiger partial charge in [0.05, 0.1) is 5.69 Å². The molecule has 43 heavy (non-hydrogen) atoms. The largest absolute Gasteiger partial charge is 0.456 e. The van der Waals surface area contributed by atoms with Gasteiger partial charge in [0.15, 0.2) is 0 Å². The maximum Gasteiger partial charge on any atom is 0.143 e. The molecule has 0 aliphatic heterocycles. The van der Waals surface area contributed by atoms with Gasteiger partial charge in [0.25, 0.3) is 0 Å². The number of rotatable bonds is 4. The average Bonchev–Trinajstić information content (AvgIpc) is 3.65. The Bertz CT molecular complexity index is 2410. The van der Waals surface area contributed by atoms with Gasteiger partial charge in [-0.15, -0.1) is 0 Å². The first-order valence-corrected chi connectivity index (χ1v) is 14.5. The number of hydrogen-bond acceptors (Lipinski definition) is 3. The lowest BCUT2D eigenvalue weighted by atomic mass is 9.94. The van der Waals surface area contributed by atoms with E-state index in [-0.39, 0.29) is 0 Å². The predicted molar refractivity (Wildman–Crippen MR) is 179 cm³/mol. The maximum atomic E-state index is 6.71. The highest BCUT2D eigenvalue weighted by atomic mass is 16.3. The lowest BCUT2D eigenvalue weighted by molar-refractivity contribution is 0.669. The zero-order valence-electron chi connectivity index (χ0n) is 23.2. The van der Waals surface area contributed by atoms with E-state index >= 15 is 0 Å². The van der Waals surface area contributed by atoms with Gasteiger partial charge in [0, 0.05) is 43.7 Å². The van der Waals surface area contributed by atoms with Crippen LogP contribution in [0.3, 0.4) is 0 Å². The van der Waals surface area contributed by atoms with Gasteiger partial charge in [0.1, 0.15) is 22.3 Å². The van der Waals surface area contributed by atoms with Crippen LogP contribution < -0.4 is 4.90 Å². The van der Waals surface area contributed by atoms with Crippen molar-refractivity contribution in [1.82, 2.24) is 0 Å². The molecule has 202 valence electrons. The monoisotopic (exact) mass is 551 g/mol. The molecule has 0 bridgehead atoms. The van der Waals surface area contributed by atoms with Gasteiger partial charge in [-0.05, 0) is 59.7 Å². The van der Waals surface area contributed by atoms with Gasteiger partial charge < -0.3 is 13.7 Å². The zero-order chi connectivity index (χ0) is 28.3. The fourth-order valence-electron chi connectivity index (χ4n) is 6.62. The minimum Gasteiger partial charge on any atom is -0.456 e. The quantitative estimate of drug-likeness (QED) is 0.218. The molecule has 2 aromatic heterocycles. The molecule has 0 atom stereocenters. The Morgan fingerprint density at radius 1 is 0.372 bits per heavy atom. The second-order valence-electron chi connectivity index (χ2n) is 10.9. The highest BCUT2D eigenvalue weighted by Gasteiger charge is 2.22. The second kappa shape index (κ2) is 9.37. The molecule has 0 N–H and O–H groups in total. The van der Waals surface area contributed by atoms with Gasteiger partial charge in [0.2, 0.25) is 0 Å². The predicted octanol–water partition coefficient (Wildman–Crippen LogP) is 11.8. The number of furan rings is 2. The van der Waals surface area contributed by atoms with E-state index in [1.807, 2.05) is 12.1 Å². The molecule has 0 aliphatic rings. The standard InChI is InChI=1S/C40H25NO2/c1-3-13-26(14-4-1)41(27-15-5-2-6-16-27)34-25-33-39-30(21-12-24-37(39)43-40(33)31-18-8-7-17-28(31)34)29-20-11-23-36-38(29)32-19-9-10-22-35(32)42-36/h1-25H. The van der Waals surface area contributed by atoms with E-state index in [9.17, 15) is 0 Å². The SMILES string of the molecule is c1ccc(N(c2ccccc2)c2cc3c(oc4cccc(-c5cccc6oc7ccccc7c56)c43)c3ccccc23)cc1. The summed E-state index contributed by atoms with van der Waals surface area (Å²) < 4.78 is 13.0. The summed E-state index contributed by atoms with van der Waals surface area (Å²) in [6, 6.07) is 52.9. The number of hydrogen-bond donors (Lipinski definition) is 0. The molecule has 0 fully saturated rings. The highest BCUT2D eigenvalue weighted by Crippen LogP contribution is 2.47. The van der Waals surface area contributed by atoms with Crippen LogP contribution in [-0.2, 0) is 0 Å². The van der Waals surface area contributed by atoms with Gasteiger partial charge in [-0.1, -0.05) is 103 Å². The van der Waals surface area contributed by atoms with E-state index in [2.05, 4.69) is 144 Å². The van der Waals surface area contributed by atoms with Crippen LogP contribution in [0.15, 0.2) is 160 Å². The molecule has 9 aromatic rings. The highest BCUT2D eigenvalue weighted by molar-refractivity contribution is 6.24. The van der Waals surface area contributed by atoms with Crippen molar-refractivity contribution in [3.05, 3.63) is 152 Å². The molecule has 0 radical (unpaired) electrons. The van der Waals surface area contributed by atoms with Crippen LogP contribution in [-0.4, -0.2) is 0 Å². The summed E-state index contributed by atoms with van der Waals surface area (Å²) in [6.07, 6.45) is 0. The smallest absolute Gasteiger partial charge is 0.143 e. The molecule has 0 unspecified atom stereocenters. The van der Waals surface area contributed by atoms with Gasteiger partial charge in [-0.25, -0.2) is 0 Å². The molecule has 0 aliphatic carbocycles. The van der Waals surface area contributed by atoms with Gasteiger partial charge >= 0.3 is 0 Å². The number of para-hydroxylation sites is 3. The number of anilines is 3. The van der Waals surface area contributed by atoms with Crippen molar-refractivity contribution in [2.45, 2.75) is 0 Å². The maximum absolute atomic E-state index is 6.71. The molecule has 9 rings (SSSR count). The summed E-state index contributed by atoms with van der Waals surface area (Å²) in [5, 5.41) is 6.64. The van der Waals surface area contributed by atoms with Crippen LogP contribution in [0.25, 0.3) is 65.8 Å². The Morgan fingerprint density at radius 2 is 0.884 bits per heavy atom. The molecule has 0 spiro atoms. The molecule has 7 aromatic carbocycles. The molecule has 0 amide bonds. The Balaban J connectivity index is 1.41. The number of fused-ring (bicyclic) bond motifs is 8. The van der Waals surface area contributed by atoms with E-state index in [0.29, 0.717) is 0 Å². The molecule has 3 heteroatoms. The minimum atomic E-state index is 0.866. The van der Waals surface area contributed by atoms with Crippen LogP contribution in [0, 0.1) is 0 Å². The van der Waals surface area contributed by atoms with Crippen LogP contribution >= 0.6 is 0 Å². The lowest BCUT2D eigenvalue weighted by Gasteiger charge is -2.27. The van der Waals surface area contributed by atoms with Crippen molar-refractivity contribution in [1.29, 1.82) is 0 Å². The first-order chi connectivity index (χ1) is 21.3. The lowest BCUT2D eigenvalue weighted by Crippen LogP contribution is -2.10. The third-order valence-electron chi connectivity index (χ3n) is 8.44. The second-order valence-corrected chi connectivity index (χ2v) is 10.9. The van der Waals surface area contributed by atoms with Crippen molar-refractivity contribution >= 4 is 71.7 Å². The molecule has 2 heterocycles. The van der Waals surface area contributed by atoms with Crippen molar-refractivity contribution in [2.75, 3.05) is 4.90 Å². The van der Waals surface area contributed by atoms with Crippen LogP contribution in [0.4, 0.5) is 17.1 Å². The number of benzene rings is 7. The van der Waals surface area contributed by atoms with E-state index in [1.54, 1.807) is 0 Å². The normalized spacial score (nSPS) is 11.7. The first kappa shape index (κ1) is 23.9.